The van der Waals surface area contributed by atoms with Crippen LogP contribution in [0.1, 0.15) is 39.5 Å². The molecule has 1 aromatic rings. The summed E-state index contributed by atoms with van der Waals surface area (Å²) in [5, 5.41) is 2.89. The summed E-state index contributed by atoms with van der Waals surface area (Å²) in [7, 11) is 0. The number of nitrogens with two attached hydrogens (primary N) is 1. The van der Waals surface area contributed by atoms with Gasteiger partial charge in [0.2, 0.25) is 5.91 Å². The Labute approximate surface area is 121 Å². The number of para-hydroxylation sites is 2. The molecule has 4 heteroatoms. The highest BCUT2D eigenvalue weighted by atomic mass is 16.1. The summed E-state index contributed by atoms with van der Waals surface area (Å²) < 4.78 is 0. The van der Waals surface area contributed by atoms with Gasteiger partial charge < -0.3 is 11.1 Å². The first-order valence-electron chi connectivity index (χ1n) is 7.48. The van der Waals surface area contributed by atoms with E-state index in [0.29, 0.717) is 29.9 Å². The molecule has 0 saturated carbocycles. The number of rotatable bonds is 4. The summed E-state index contributed by atoms with van der Waals surface area (Å²) in [6, 6.07) is 8.52. The van der Waals surface area contributed by atoms with Crippen LogP contribution in [0.2, 0.25) is 0 Å². The fourth-order valence-corrected chi connectivity index (χ4v) is 2.97. The number of carbonyl (C=O) groups excluding carboxylic acids is 1. The van der Waals surface area contributed by atoms with Crippen LogP contribution in [0, 0.1) is 0 Å². The molecule has 110 valence electrons. The minimum atomic E-state index is 0.0351. The molecule has 1 aliphatic heterocycles. The number of nitrogens with zero attached hydrogens (tertiary/aromatic N) is 1. The predicted molar refractivity (Wildman–Crippen MR) is 83.6 cm³/mol. The van der Waals surface area contributed by atoms with Crippen LogP contribution in [0.4, 0.5) is 11.4 Å². The van der Waals surface area contributed by atoms with Crippen molar-refractivity contribution in [3.63, 3.8) is 0 Å². The zero-order valence-electron chi connectivity index (χ0n) is 12.4. The second kappa shape index (κ2) is 6.75. The average molecular weight is 275 g/mol. The smallest absolute Gasteiger partial charge is 0.225 e. The highest BCUT2D eigenvalue weighted by molar-refractivity contribution is 5.93. The van der Waals surface area contributed by atoms with E-state index in [2.05, 4.69) is 24.1 Å². The quantitative estimate of drug-likeness (QED) is 0.831. The van der Waals surface area contributed by atoms with E-state index < -0.39 is 0 Å². The third-order valence-corrected chi connectivity index (χ3v) is 4.21. The van der Waals surface area contributed by atoms with Gasteiger partial charge in [-0.2, -0.15) is 0 Å². The number of piperidine rings is 1. The molecule has 2 atom stereocenters. The van der Waals surface area contributed by atoms with Gasteiger partial charge in [-0.15, -0.1) is 0 Å². The molecule has 1 fully saturated rings. The molecule has 1 heterocycles. The molecule has 20 heavy (non-hydrogen) atoms. The van der Waals surface area contributed by atoms with Crippen LogP contribution in [0.25, 0.3) is 0 Å². The van der Waals surface area contributed by atoms with E-state index >= 15 is 0 Å². The third-order valence-electron chi connectivity index (χ3n) is 4.21. The van der Waals surface area contributed by atoms with E-state index in [1.807, 2.05) is 18.2 Å². The number of anilines is 2. The van der Waals surface area contributed by atoms with Gasteiger partial charge in [-0.3, -0.25) is 9.69 Å². The Bertz CT molecular complexity index is 451. The van der Waals surface area contributed by atoms with Gasteiger partial charge in [0.25, 0.3) is 0 Å². The summed E-state index contributed by atoms with van der Waals surface area (Å²) in [5.41, 5.74) is 7.14. The Hall–Kier alpha value is -1.55. The Morgan fingerprint density at radius 2 is 1.95 bits per heavy atom. The van der Waals surface area contributed by atoms with Crippen molar-refractivity contribution in [3.05, 3.63) is 24.3 Å². The van der Waals surface area contributed by atoms with Gasteiger partial charge >= 0.3 is 0 Å². The molecule has 1 aromatic carbocycles. The lowest BCUT2D eigenvalue weighted by molar-refractivity contribution is -0.116. The largest absolute Gasteiger partial charge is 0.397 e. The van der Waals surface area contributed by atoms with Crippen molar-refractivity contribution in [2.75, 3.05) is 17.6 Å². The van der Waals surface area contributed by atoms with Gasteiger partial charge in [0.1, 0.15) is 0 Å². The normalized spacial score (nSPS) is 23.5. The molecule has 1 saturated heterocycles. The van der Waals surface area contributed by atoms with Crippen molar-refractivity contribution in [2.45, 2.75) is 51.6 Å². The molecule has 1 aliphatic rings. The van der Waals surface area contributed by atoms with Crippen molar-refractivity contribution in [1.29, 1.82) is 0 Å². The maximum absolute atomic E-state index is 12.0. The number of carbonyl (C=O) groups is 1. The van der Waals surface area contributed by atoms with Gasteiger partial charge in [0.15, 0.2) is 0 Å². The van der Waals surface area contributed by atoms with Crippen LogP contribution >= 0.6 is 0 Å². The highest BCUT2D eigenvalue weighted by Crippen LogP contribution is 2.23. The zero-order valence-corrected chi connectivity index (χ0v) is 12.4. The number of hydrogen-bond donors (Lipinski definition) is 2. The number of hydrogen-bond acceptors (Lipinski definition) is 3. The van der Waals surface area contributed by atoms with Crippen LogP contribution in [0.15, 0.2) is 24.3 Å². The van der Waals surface area contributed by atoms with Gasteiger partial charge in [-0.1, -0.05) is 18.6 Å². The summed E-state index contributed by atoms with van der Waals surface area (Å²) in [4.78, 5) is 14.5. The monoisotopic (exact) mass is 275 g/mol. The standard InChI is InChI=1S/C16H25N3O/c1-12-6-5-7-13(2)19(12)11-10-16(20)18-15-9-4-3-8-14(15)17/h3-4,8-9,12-13H,5-7,10-11,17H2,1-2H3,(H,18,20)/t12-,13+. The third kappa shape index (κ3) is 3.73. The lowest BCUT2D eigenvalue weighted by Crippen LogP contribution is -2.44. The number of amides is 1. The minimum absolute atomic E-state index is 0.0351. The van der Waals surface area contributed by atoms with E-state index in [-0.39, 0.29) is 5.91 Å². The van der Waals surface area contributed by atoms with Crippen molar-refractivity contribution < 1.29 is 4.79 Å². The fraction of sp³-hybridized carbons (Fsp3) is 0.562. The number of likely N-dealkylation sites (tertiary alicyclic amines) is 1. The highest BCUT2D eigenvalue weighted by Gasteiger charge is 2.24. The molecular formula is C16H25N3O. The second-order valence-corrected chi connectivity index (χ2v) is 5.75. The van der Waals surface area contributed by atoms with E-state index in [9.17, 15) is 4.79 Å². The first-order valence-corrected chi connectivity index (χ1v) is 7.48. The molecule has 2 rings (SSSR count). The summed E-state index contributed by atoms with van der Waals surface area (Å²) >= 11 is 0. The van der Waals surface area contributed by atoms with Crippen LogP contribution in [-0.4, -0.2) is 29.4 Å². The van der Waals surface area contributed by atoms with Crippen molar-refractivity contribution in [3.8, 4) is 0 Å². The maximum Gasteiger partial charge on any atom is 0.225 e. The van der Waals surface area contributed by atoms with E-state index in [0.717, 1.165) is 6.54 Å². The summed E-state index contributed by atoms with van der Waals surface area (Å²) in [5.74, 6) is 0.0351. The van der Waals surface area contributed by atoms with E-state index in [1.54, 1.807) is 6.07 Å². The topological polar surface area (TPSA) is 58.4 Å². The van der Waals surface area contributed by atoms with Crippen molar-refractivity contribution in [1.82, 2.24) is 4.90 Å². The van der Waals surface area contributed by atoms with Crippen LogP contribution in [0.3, 0.4) is 0 Å². The van der Waals surface area contributed by atoms with E-state index in [4.69, 9.17) is 5.73 Å². The van der Waals surface area contributed by atoms with Gasteiger partial charge in [-0.25, -0.2) is 0 Å². The molecule has 3 N–H and O–H groups in total. The lowest BCUT2D eigenvalue weighted by Gasteiger charge is -2.38. The molecule has 0 unspecified atom stereocenters. The average Bonchev–Trinajstić information content (AvgIpc) is 2.41. The number of nitrogen functional groups attached to an aromatic ring is 1. The van der Waals surface area contributed by atoms with E-state index in [1.165, 1.54) is 19.3 Å². The Kier molecular flexibility index (Phi) is 5.01. The first kappa shape index (κ1) is 14.9. The first-order chi connectivity index (χ1) is 9.58. The van der Waals surface area contributed by atoms with Gasteiger partial charge in [0, 0.05) is 25.0 Å². The fourth-order valence-electron chi connectivity index (χ4n) is 2.97. The molecule has 0 aromatic heterocycles. The van der Waals surface area contributed by atoms with Crippen molar-refractivity contribution in [2.24, 2.45) is 0 Å². The zero-order chi connectivity index (χ0) is 14.5. The predicted octanol–water partition coefficient (Wildman–Crippen LogP) is 2.86. The SMILES string of the molecule is C[C@@H]1CCC[C@H](C)N1CCC(=O)Nc1ccccc1N. The maximum atomic E-state index is 12.0. The van der Waals surface area contributed by atoms with Crippen LogP contribution in [-0.2, 0) is 4.79 Å². The van der Waals surface area contributed by atoms with Gasteiger partial charge in [-0.05, 0) is 38.8 Å². The second-order valence-electron chi connectivity index (χ2n) is 5.75. The summed E-state index contributed by atoms with van der Waals surface area (Å²) in [6.07, 6.45) is 4.28. The molecule has 0 bridgehead atoms. The van der Waals surface area contributed by atoms with Crippen LogP contribution in [0.5, 0.6) is 0 Å². The molecular weight excluding hydrogens is 250 g/mol. The Balaban J connectivity index is 1.84. The summed E-state index contributed by atoms with van der Waals surface area (Å²) in [6.45, 7) is 5.33. The van der Waals surface area contributed by atoms with Crippen molar-refractivity contribution >= 4 is 17.3 Å². The molecule has 0 aliphatic carbocycles. The lowest BCUT2D eigenvalue weighted by atomic mass is 9.97. The number of benzene rings is 1. The molecule has 0 radical (unpaired) electrons. The molecule has 4 nitrogen and oxygen atoms in total. The molecule has 1 amide bonds. The molecule has 0 spiro atoms. The van der Waals surface area contributed by atoms with Crippen LogP contribution < -0.4 is 11.1 Å². The Morgan fingerprint density at radius 1 is 1.30 bits per heavy atom. The minimum Gasteiger partial charge on any atom is -0.397 e. The van der Waals surface area contributed by atoms with Gasteiger partial charge in [0.05, 0.1) is 11.4 Å². The number of nitrogens with one attached hydrogen (secondary N) is 1. The Morgan fingerprint density at radius 3 is 2.60 bits per heavy atom.